The molecular weight excluding hydrogens is 246 g/mol. The molecule has 3 nitrogen and oxygen atoms in total. The maximum Gasteiger partial charge on any atom is 0.0644 e. The molecular formula is C17H25N3. The van der Waals surface area contributed by atoms with E-state index in [1.54, 1.807) is 0 Å². The first-order valence-corrected chi connectivity index (χ1v) is 7.34. The number of rotatable bonds is 6. The van der Waals surface area contributed by atoms with Gasteiger partial charge >= 0.3 is 0 Å². The molecule has 1 atom stereocenters. The molecule has 0 aliphatic heterocycles. The van der Waals surface area contributed by atoms with Gasteiger partial charge in [-0.05, 0) is 45.7 Å². The van der Waals surface area contributed by atoms with E-state index >= 15 is 0 Å². The quantitative estimate of drug-likeness (QED) is 0.873. The van der Waals surface area contributed by atoms with E-state index in [9.17, 15) is 0 Å². The molecule has 1 N–H and O–H groups in total. The van der Waals surface area contributed by atoms with Crippen LogP contribution < -0.4 is 5.32 Å². The molecule has 0 spiro atoms. The molecule has 0 saturated heterocycles. The number of aromatic nitrogens is 2. The SMILES string of the molecule is CNC(CCCc1ccccc1)c1c(C)nn(C)c1C. The van der Waals surface area contributed by atoms with E-state index in [0.717, 1.165) is 18.5 Å². The van der Waals surface area contributed by atoms with E-state index in [1.165, 1.54) is 23.2 Å². The first-order chi connectivity index (χ1) is 9.63. The van der Waals surface area contributed by atoms with Crippen molar-refractivity contribution in [1.82, 2.24) is 15.1 Å². The van der Waals surface area contributed by atoms with E-state index in [-0.39, 0.29) is 0 Å². The van der Waals surface area contributed by atoms with Crippen molar-refractivity contribution >= 4 is 0 Å². The highest BCUT2D eigenvalue weighted by Gasteiger charge is 2.18. The minimum atomic E-state index is 0.396. The van der Waals surface area contributed by atoms with Crippen LogP contribution in [0, 0.1) is 13.8 Å². The van der Waals surface area contributed by atoms with Crippen LogP contribution in [0.15, 0.2) is 30.3 Å². The monoisotopic (exact) mass is 271 g/mol. The second kappa shape index (κ2) is 6.71. The molecule has 1 unspecified atom stereocenters. The summed E-state index contributed by atoms with van der Waals surface area (Å²) in [5.41, 5.74) is 5.19. The van der Waals surface area contributed by atoms with Gasteiger partial charge in [-0.25, -0.2) is 0 Å². The van der Waals surface area contributed by atoms with Gasteiger partial charge in [-0.2, -0.15) is 5.10 Å². The largest absolute Gasteiger partial charge is 0.313 e. The third kappa shape index (κ3) is 3.28. The van der Waals surface area contributed by atoms with Crippen LogP contribution in [0.4, 0.5) is 0 Å². The van der Waals surface area contributed by atoms with Crippen LogP contribution in [-0.2, 0) is 13.5 Å². The van der Waals surface area contributed by atoms with Gasteiger partial charge < -0.3 is 5.32 Å². The molecule has 20 heavy (non-hydrogen) atoms. The highest BCUT2D eigenvalue weighted by atomic mass is 15.3. The van der Waals surface area contributed by atoms with Crippen molar-refractivity contribution in [3.63, 3.8) is 0 Å². The van der Waals surface area contributed by atoms with Crippen LogP contribution in [0.1, 0.15) is 41.4 Å². The van der Waals surface area contributed by atoms with E-state index < -0.39 is 0 Å². The molecule has 1 heterocycles. The Morgan fingerprint density at radius 3 is 2.45 bits per heavy atom. The summed E-state index contributed by atoms with van der Waals surface area (Å²) in [6.07, 6.45) is 3.46. The Bertz CT molecular complexity index is 543. The molecule has 2 rings (SSSR count). The fraction of sp³-hybridized carbons (Fsp3) is 0.471. The number of nitrogens with zero attached hydrogens (tertiary/aromatic N) is 2. The minimum absolute atomic E-state index is 0.396. The van der Waals surface area contributed by atoms with Crippen LogP contribution in [0.25, 0.3) is 0 Å². The lowest BCUT2D eigenvalue weighted by molar-refractivity contribution is 0.522. The van der Waals surface area contributed by atoms with Crippen molar-refractivity contribution in [3.05, 3.63) is 52.8 Å². The molecule has 1 aromatic carbocycles. The van der Waals surface area contributed by atoms with Gasteiger partial charge in [0.25, 0.3) is 0 Å². The summed E-state index contributed by atoms with van der Waals surface area (Å²) in [6, 6.07) is 11.1. The summed E-state index contributed by atoms with van der Waals surface area (Å²) < 4.78 is 1.98. The van der Waals surface area contributed by atoms with Crippen molar-refractivity contribution in [1.29, 1.82) is 0 Å². The van der Waals surface area contributed by atoms with Crippen LogP contribution in [0.3, 0.4) is 0 Å². The molecule has 0 fully saturated rings. The van der Waals surface area contributed by atoms with Gasteiger partial charge in [0, 0.05) is 24.3 Å². The van der Waals surface area contributed by atoms with Gasteiger partial charge in [0.05, 0.1) is 5.69 Å². The molecule has 108 valence electrons. The fourth-order valence-electron chi connectivity index (χ4n) is 2.88. The Labute approximate surface area is 122 Å². The molecule has 0 saturated carbocycles. The Hall–Kier alpha value is -1.61. The predicted molar refractivity (Wildman–Crippen MR) is 83.9 cm³/mol. The lowest BCUT2D eigenvalue weighted by atomic mass is 9.98. The van der Waals surface area contributed by atoms with Crippen molar-refractivity contribution in [2.24, 2.45) is 7.05 Å². The first-order valence-electron chi connectivity index (χ1n) is 7.34. The fourth-order valence-corrected chi connectivity index (χ4v) is 2.88. The zero-order valence-corrected chi connectivity index (χ0v) is 13.0. The van der Waals surface area contributed by atoms with Crippen molar-refractivity contribution in [3.8, 4) is 0 Å². The zero-order valence-electron chi connectivity index (χ0n) is 13.0. The number of hydrogen-bond acceptors (Lipinski definition) is 2. The van der Waals surface area contributed by atoms with Crippen molar-refractivity contribution in [2.45, 2.75) is 39.2 Å². The summed E-state index contributed by atoms with van der Waals surface area (Å²) >= 11 is 0. The number of hydrogen-bond donors (Lipinski definition) is 1. The highest BCUT2D eigenvalue weighted by Crippen LogP contribution is 2.25. The summed E-state index contributed by atoms with van der Waals surface area (Å²) in [5, 5.41) is 7.97. The topological polar surface area (TPSA) is 29.9 Å². The van der Waals surface area contributed by atoms with Gasteiger partial charge in [0.15, 0.2) is 0 Å². The molecule has 0 bridgehead atoms. The molecule has 0 radical (unpaired) electrons. The summed E-state index contributed by atoms with van der Waals surface area (Å²) in [4.78, 5) is 0. The third-order valence-electron chi connectivity index (χ3n) is 4.06. The van der Waals surface area contributed by atoms with Gasteiger partial charge in [-0.1, -0.05) is 30.3 Å². The summed E-state index contributed by atoms with van der Waals surface area (Å²) in [6.45, 7) is 4.25. The van der Waals surface area contributed by atoms with E-state index in [4.69, 9.17) is 0 Å². The summed E-state index contributed by atoms with van der Waals surface area (Å²) in [5.74, 6) is 0. The highest BCUT2D eigenvalue weighted by molar-refractivity contribution is 5.28. The first kappa shape index (κ1) is 14.8. The lowest BCUT2D eigenvalue weighted by Gasteiger charge is -2.17. The lowest BCUT2D eigenvalue weighted by Crippen LogP contribution is -2.18. The average Bonchev–Trinajstić information content (AvgIpc) is 2.70. The number of aryl methyl sites for hydroxylation is 3. The van der Waals surface area contributed by atoms with Gasteiger partial charge in [0.1, 0.15) is 0 Å². The Balaban J connectivity index is 1.99. The average molecular weight is 271 g/mol. The Morgan fingerprint density at radius 2 is 1.90 bits per heavy atom. The summed E-state index contributed by atoms with van der Waals surface area (Å²) in [7, 11) is 4.06. The second-order valence-electron chi connectivity index (χ2n) is 5.43. The molecule has 0 aliphatic carbocycles. The van der Waals surface area contributed by atoms with Crippen LogP contribution in [0.5, 0.6) is 0 Å². The Morgan fingerprint density at radius 1 is 1.20 bits per heavy atom. The molecule has 3 heteroatoms. The van der Waals surface area contributed by atoms with Gasteiger partial charge in [0.2, 0.25) is 0 Å². The number of nitrogens with one attached hydrogen (secondary N) is 1. The number of benzene rings is 1. The van der Waals surface area contributed by atoms with Crippen LogP contribution in [0.2, 0.25) is 0 Å². The maximum atomic E-state index is 4.52. The smallest absolute Gasteiger partial charge is 0.0644 e. The molecule has 0 aliphatic rings. The van der Waals surface area contributed by atoms with Crippen molar-refractivity contribution < 1.29 is 0 Å². The Kier molecular flexibility index (Phi) is 4.96. The van der Waals surface area contributed by atoms with Crippen LogP contribution >= 0.6 is 0 Å². The zero-order chi connectivity index (χ0) is 14.5. The molecule has 2 aromatic rings. The van der Waals surface area contributed by atoms with Crippen LogP contribution in [-0.4, -0.2) is 16.8 Å². The van der Waals surface area contributed by atoms with E-state index in [0.29, 0.717) is 6.04 Å². The van der Waals surface area contributed by atoms with Gasteiger partial charge in [-0.15, -0.1) is 0 Å². The van der Waals surface area contributed by atoms with Crippen molar-refractivity contribution in [2.75, 3.05) is 7.05 Å². The third-order valence-corrected chi connectivity index (χ3v) is 4.06. The van der Waals surface area contributed by atoms with E-state index in [1.807, 2.05) is 18.8 Å². The van der Waals surface area contributed by atoms with E-state index in [2.05, 4.69) is 54.6 Å². The standard InChI is InChI=1S/C17H25N3/c1-13-17(14(2)20(4)19-13)16(18-3)12-8-11-15-9-6-5-7-10-15/h5-7,9-10,16,18H,8,11-12H2,1-4H3. The molecule has 0 amide bonds. The minimum Gasteiger partial charge on any atom is -0.313 e. The maximum absolute atomic E-state index is 4.52. The molecule has 1 aromatic heterocycles. The van der Waals surface area contributed by atoms with Gasteiger partial charge in [-0.3, -0.25) is 4.68 Å². The normalized spacial score (nSPS) is 12.6. The second-order valence-corrected chi connectivity index (χ2v) is 5.43. The predicted octanol–water partition coefficient (Wildman–Crippen LogP) is 3.32.